The van der Waals surface area contributed by atoms with Gasteiger partial charge < -0.3 is 4.90 Å². The van der Waals surface area contributed by atoms with Gasteiger partial charge in [-0.2, -0.15) is 5.10 Å². The summed E-state index contributed by atoms with van der Waals surface area (Å²) in [7, 11) is 1.64. The van der Waals surface area contributed by atoms with Crippen LogP contribution >= 0.6 is 0 Å². The van der Waals surface area contributed by atoms with E-state index in [0.717, 1.165) is 11.3 Å². The van der Waals surface area contributed by atoms with Gasteiger partial charge in [-0.05, 0) is 38.5 Å². The number of nitrogens with zero attached hydrogens (tertiary/aromatic N) is 4. The lowest BCUT2D eigenvalue weighted by Gasteiger charge is -2.27. The first-order chi connectivity index (χ1) is 10.4. The maximum atomic E-state index is 12.6. The number of carbonyl (C=O) groups excluding carboxylic acids is 1. The predicted molar refractivity (Wildman–Crippen MR) is 85.9 cm³/mol. The second-order valence-corrected chi connectivity index (χ2v) is 5.69. The molecule has 0 fully saturated rings. The fourth-order valence-corrected chi connectivity index (χ4v) is 2.40. The van der Waals surface area contributed by atoms with E-state index in [1.54, 1.807) is 11.9 Å². The third kappa shape index (κ3) is 3.44. The van der Waals surface area contributed by atoms with Gasteiger partial charge in [0.15, 0.2) is 0 Å². The van der Waals surface area contributed by atoms with Crippen LogP contribution in [0.1, 0.15) is 25.8 Å². The lowest BCUT2D eigenvalue weighted by atomic mass is 10.1. The van der Waals surface area contributed by atoms with Crippen molar-refractivity contribution >= 4 is 11.6 Å². The molecule has 0 saturated carbocycles. The molecule has 0 spiro atoms. The Labute approximate surface area is 130 Å². The molecule has 0 aliphatic rings. The Bertz CT molecular complexity index is 715. The van der Waals surface area contributed by atoms with Crippen LogP contribution in [0.15, 0.2) is 35.4 Å². The van der Waals surface area contributed by atoms with E-state index in [4.69, 9.17) is 0 Å². The molecule has 0 bridgehead atoms. The van der Waals surface area contributed by atoms with E-state index >= 15 is 0 Å². The van der Waals surface area contributed by atoms with Crippen molar-refractivity contribution in [2.24, 2.45) is 7.05 Å². The monoisotopic (exact) mass is 302 g/mol. The molecule has 6 nitrogen and oxygen atoms in total. The number of benzene rings is 1. The average Bonchev–Trinajstić information content (AvgIpc) is 2.76. The highest BCUT2D eigenvalue weighted by molar-refractivity contribution is 5.93. The summed E-state index contributed by atoms with van der Waals surface area (Å²) < 4.78 is 2.71. The molecular weight excluding hydrogens is 280 g/mol. The van der Waals surface area contributed by atoms with Crippen LogP contribution in [0.2, 0.25) is 0 Å². The van der Waals surface area contributed by atoms with Crippen LogP contribution in [0.3, 0.4) is 0 Å². The molecule has 0 atom stereocenters. The highest BCUT2D eigenvalue weighted by Gasteiger charge is 2.19. The Morgan fingerprint density at radius 3 is 2.64 bits per heavy atom. The molecule has 0 radical (unpaired) electrons. The van der Waals surface area contributed by atoms with Gasteiger partial charge in [-0.1, -0.05) is 12.1 Å². The minimum absolute atomic E-state index is 0.0156. The van der Waals surface area contributed by atoms with Gasteiger partial charge in [-0.15, -0.1) is 0 Å². The molecule has 6 heteroatoms. The summed E-state index contributed by atoms with van der Waals surface area (Å²) in [5, 5.41) is 3.97. The Balaban J connectivity index is 2.14. The van der Waals surface area contributed by atoms with E-state index < -0.39 is 0 Å². The van der Waals surface area contributed by atoms with Crippen LogP contribution < -0.4 is 10.6 Å². The van der Waals surface area contributed by atoms with Crippen LogP contribution in [0.25, 0.3) is 0 Å². The molecule has 1 aromatic heterocycles. The van der Waals surface area contributed by atoms with Crippen molar-refractivity contribution in [1.82, 2.24) is 14.3 Å². The Kier molecular flexibility index (Phi) is 4.80. The second-order valence-electron chi connectivity index (χ2n) is 5.69. The van der Waals surface area contributed by atoms with Gasteiger partial charge in [0, 0.05) is 25.2 Å². The first-order valence-corrected chi connectivity index (χ1v) is 7.37. The van der Waals surface area contributed by atoms with Crippen LogP contribution in [-0.2, 0) is 18.4 Å². The third-order valence-corrected chi connectivity index (χ3v) is 3.49. The fourth-order valence-electron chi connectivity index (χ4n) is 2.40. The first kappa shape index (κ1) is 16.0. The summed E-state index contributed by atoms with van der Waals surface area (Å²) in [6.07, 6.45) is 1.69. The molecule has 0 unspecified atom stereocenters. The normalized spacial score (nSPS) is 11.0. The van der Waals surface area contributed by atoms with Crippen molar-refractivity contribution in [2.45, 2.75) is 39.8 Å². The van der Waals surface area contributed by atoms with Crippen LogP contribution in [-0.4, -0.2) is 26.3 Å². The summed E-state index contributed by atoms with van der Waals surface area (Å²) >= 11 is 0. The molecular formula is C16H22N4O2. The quantitative estimate of drug-likeness (QED) is 0.845. The fraction of sp³-hybridized carbons (Fsp3) is 0.438. The highest BCUT2D eigenvalue weighted by Crippen LogP contribution is 2.19. The summed E-state index contributed by atoms with van der Waals surface area (Å²) in [4.78, 5) is 26.1. The van der Waals surface area contributed by atoms with Gasteiger partial charge in [0.05, 0.1) is 6.54 Å². The maximum Gasteiger partial charge on any atom is 0.345 e. The maximum absolute atomic E-state index is 12.6. The Hall–Kier alpha value is -2.37. The lowest BCUT2D eigenvalue weighted by molar-refractivity contribution is -0.119. The Morgan fingerprint density at radius 1 is 1.36 bits per heavy atom. The zero-order valence-corrected chi connectivity index (χ0v) is 13.5. The number of aromatic nitrogens is 3. The molecule has 0 saturated heterocycles. The van der Waals surface area contributed by atoms with Crippen molar-refractivity contribution in [2.75, 3.05) is 4.90 Å². The van der Waals surface area contributed by atoms with E-state index in [-0.39, 0.29) is 30.6 Å². The van der Waals surface area contributed by atoms with Gasteiger partial charge in [-0.25, -0.2) is 9.48 Å². The Morgan fingerprint density at radius 2 is 2.09 bits per heavy atom. The molecule has 2 aromatic rings. The lowest BCUT2D eigenvalue weighted by Crippen LogP contribution is -2.38. The SMILES string of the molecule is Cc1cccc(N(C(=O)CCn2ncn(C)c2=O)C(C)C)c1. The number of hydrogen-bond donors (Lipinski definition) is 0. The van der Waals surface area contributed by atoms with E-state index in [1.165, 1.54) is 15.6 Å². The number of hydrogen-bond acceptors (Lipinski definition) is 3. The van der Waals surface area contributed by atoms with E-state index in [9.17, 15) is 9.59 Å². The summed E-state index contributed by atoms with van der Waals surface area (Å²) in [6.45, 7) is 6.24. The van der Waals surface area contributed by atoms with Crippen LogP contribution in [0.4, 0.5) is 5.69 Å². The molecule has 0 N–H and O–H groups in total. The topological polar surface area (TPSA) is 60.1 Å². The van der Waals surface area contributed by atoms with Crippen molar-refractivity contribution in [3.63, 3.8) is 0 Å². The van der Waals surface area contributed by atoms with Gasteiger partial charge in [0.1, 0.15) is 6.33 Å². The zero-order chi connectivity index (χ0) is 16.3. The predicted octanol–water partition coefficient (Wildman–Crippen LogP) is 1.72. The molecule has 2 rings (SSSR count). The standard InChI is InChI=1S/C16H22N4O2/c1-12(2)20(14-7-5-6-13(3)10-14)15(21)8-9-19-16(22)18(4)11-17-19/h5-7,10-12H,8-9H2,1-4H3. The van der Waals surface area contributed by atoms with Crippen molar-refractivity contribution < 1.29 is 4.79 Å². The number of carbonyl (C=O) groups is 1. The molecule has 1 heterocycles. The minimum atomic E-state index is -0.209. The number of rotatable bonds is 5. The number of aryl methyl sites for hydroxylation is 3. The van der Waals surface area contributed by atoms with Gasteiger partial charge in [0.2, 0.25) is 5.91 Å². The molecule has 1 aromatic carbocycles. The highest BCUT2D eigenvalue weighted by atomic mass is 16.2. The van der Waals surface area contributed by atoms with E-state index in [0.29, 0.717) is 0 Å². The molecule has 118 valence electrons. The van der Waals surface area contributed by atoms with Gasteiger partial charge >= 0.3 is 5.69 Å². The van der Waals surface area contributed by atoms with Crippen molar-refractivity contribution in [3.05, 3.63) is 46.6 Å². The van der Waals surface area contributed by atoms with Gasteiger partial charge in [-0.3, -0.25) is 9.36 Å². The number of anilines is 1. The van der Waals surface area contributed by atoms with E-state index in [2.05, 4.69) is 5.10 Å². The summed E-state index contributed by atoms with van der Waals surface area (Å²) in [6, 6.07) is 7.91. The third-order valence-electron chi connectivity index (χ3n) is 3.49. The second kappa shape index (κ2) is 6.60. The van der Waals surface area contributed by atoms with E-state index in [1.807, 2.05) is 45.0 Å². The largest absolute Gasteiger partial charge is 0.345 e. The van der Waals surface area contributed by atoms with Crippen molar-refractivity contribution in [1.29, 1.82) is 0 Å². The smallest absolute Gasteiger partial charge is 0.310 e. The zero-order valence-electron chi connectivity index (χ0n) is 13.5. The summed E-state index contributed by atoms with van der Waals surface area (Å²) in [5.74, 6) is -0.0156. The minimum Gasteiger partial charge on any atom is -0.310 e. The van der Waals surface area contributed by atoms with Gasteiger partial charge in [0.25, 0.3) is 0 Å². The van der Waals surface area contributed by atoms with Crippen LogP contribution in [0.5, 0.6) is 0 Å². The summed E-state index contributed by atoms with van der Waals surface area (Å²) in [5.41, 5.74) is 1.78. The first-order valence-electron chi connectivity index (χ1n) is 7.37. The molecule has 1 amide bonds. The van der Waals surface area contributed by atoms with Crippen molar-refractivity contribution in [3.8, 4) is 0 Å². The number of amides is 1. The molecule has 22 heavy (non-hydrogen) atoms. The van der Waals surface area contributed by atoms with Crippen LogP contribution in [0, 0.1) is 6.92 Å². The molecule has 0 aliphatic carbocycles. The molecule has 0 aliphatic heterocycles. The average molecular weight is 302 g/mol.